The van der Waals surface area contributed by atoms with Crippen LogP contribution in [-0.4, -0.2) is 41.7 Å². The molecule has 0 bridgehead atoms. The molecular weight excluding hydrogens is 379 g/mol. The lowest BCUT2D eigenvalue weighted by Crippen LogP contribution is -2.42. The highest BCUT2D eigenvalue weighted by molar-refractivity contribution is 5.27. The number of halogens is 1. The molecule has 0 radical (unpaired) electrons. The Morgan fingerprint density at radius 1 is 1.17 bits per heavy atom. The third-order valence-electron chi connectivity index (χ3n) is 5.79. The Balaban J connectivity index is 1.96. The predicted octanol–water partition coefficient (Wildman–Crippen LogP) is 2.37. The smallest absolute Gasteiger partial charge is 0.333 e. The van der Waals surface area contributed by atoms with Gasteiger partial charge in [-0.05, 0) is 24.1 Å². The van der Waals surface area contributed by atoms with Gasteiger partial charge in [-0.25, -0.2) is 9.18 Å². The van der Waals surface area contributed by atoms with Gasteiger partial charge in [0.05, 0.1) is 25.9 Å². The van der Waals surface area contributed by atoms with E-state index in [9.17, 15) is 9.59 Å². The Kier molecular flexibility index (Phi) is 6.24. The summed E-state index contributed by atoms with van der Waals surface area (Å²) in [6.07, 6.45) is -0.679. The number of hydrogen-bond donors (Lipinski definition) is 0. The normalized spacial score (nSPS) is 26.6. The zero-order chi connectivity index (χ0) is 21.2. The van der Waals surface area contributed by atoms with Crippen molar-refractivity contribution in [2.75, 3.05) is 20.8 Å². The Bertz CT molecular complexity index is 955. The number of methoxy groups -OCH3 is 2. The molecule has 0 aliphatic carbocycles. The summed E-state index contributed by atoms with van der Waals surface area (Å²) < 4.78 is 33.8. The molecule has 1 aromatic heterocycles. The minimum absolute atomic E-state index is 0.0682. The third-order valence-corrected chi connectivity index (χ3v) is 5.79. The largest absolute Gasteiger partial charge is 0.497 e. The van der Waals surface area contributed by atoms with Gasteiger partial charge >= 0.3 is 5.69 Å². The van der Waals surface area contributed by atoms with Crippen LogP contribution in [0, 0.1) is 5.92 Å². The summed E-state index contributed by atoms with van der Waals surface area (Å²) in [6.45, 7) is 3.95. The first kappa shape index (κ1) is 21.3. The van der Waals surface area contributed by atoms with Gasteiger partial charge in [-0.3, -0.25) is 13.9 Å². The standard InChI is InChI=1S/C21H27FN2O5/c1-5-21(13-27-3)14(2)18(22)19(29-21)23-11-10-17(25)24(20(23)26)12-15-6-8-16(28-4)9-7-15/h6-11,14,18-19H,5,12-13H2,1-4H3/t14-,18+,19+,21-/m0/s1. The number of hydrogen-bond acceptors (Lipinski definition) is 5. The van der Waals surface area contributed by atoms with E-state index in [4.69, 9.17) is 14.2 Å². The van der Waals surface area contributed by atoms with Gasteiger partial charge in [-0.15, -0.1) is 0 Å². The maximum Gasteiger partial charge on any atom is 0.333 e. The van der Waals surface area contributed by atoms with Crippen molar-refractivity contribution in [2.45, 2.75) is 44.8 Å². The summed E-state index contributed by atoms with van der Waals surface area (Å²) in [7, 11) is 3.10. The summed E-state index contributed by atoms with van der Waals surface area (Å²) >= 11 is 0. The molecule has 3 rings (SSSR count). The van der Waals surface area contributed by atoms with Crippen LogP contribution in [0.15, 0.2) is 46.1 Å². The van der Waals surface area contributed by atoms with Gasteiger partial charge in [0.15, 0.2) is 12.4 Å². The first-order valence-electron chi connectivity index (χ1n) is 9.62. The highest BCUT2D eigenvalue weighted by Gasteiger charge is 2.53. The average Bonchev–Trinajstić information content (AvgIpc) is 2.97. The summed E-state index contributed by atoms with van der Waals surface area (Å²) in [5.41, 5.74) is -1.14. The molecule has 1 saturated heterocycles. The van der Waals surface area contributed by atoms with Crippen LogP contribution in [0.25, 0.3) is 0 Å². The van der Waals surface area contributed by atoms with Crippen molar-refractivity contribution in [2.24, 2.45) is 5.92 Å². The van der Waals surface area contributed by atoms with Crippen LogP contribution in [0.3, 0.4) is 0 Å². The van der Waals surface area contributed by atoms with E-state index in [1.165, 1.54) is 23.9 Å². The van der Waals surface area contributed by atoms with Crippen molar-refractivity contribution in [1.82, 2.24) is 9.13 Å². The number of rotatable bonds is 7. The molecule has 7 nitrogen and oxygen atoms in total. The molecule has 0 saturated carbocycles. The van der Waals surface area contributed by atoms with Gasteiger partial charge in [0.2, 0.25) is 0 Å². The van der Waals surface area contributed by atoms with Crippen LogP contribution >= 0.6 is 0 Å². The molecule has 158 valence electrons. The van der Waals surface area contributed by atoms with Crippen molar-refractivity contribution < 1.29 is 18.6 Å². The van der Waals surface area contributed by atoms with Crippen molar-refractivity contribution in [3.05, 3.63) is 62.9 Å². The number of benzene rings is 1. The number of aromatic nitrogens is 2. The molecule has 2 heterocycles. The molecule has 1 fully saturated rings. The topological polar surface area (TPSA) is 71.7 Å². The van der Waals surface area contributed by atoms with E-state index < -0.39 is 35.2 Å². The van der Waals surface area contributed by atoms with E-state index >= 15 is 4.39 Å². The molecule has 4 atom stereocenters. The SMILES string of the molecule is CC[C@@]1(COC)O[C@@H](n2ccc(=O)n(Cc3ccc(OC)cc3)c2=O)[C@H](F)[C@@H]1C. The molecule has 0 spiro atoms. The molecule has 1 aromatic carbocycles. The zero-order valence-corrected chi connectivity index (χ0v) is 17.1. The van der Waals surface area contributed by atoms with Gasteiger partial charge in [-0.1, -0.05) is 26.0 Å². The molecule has 29 heavy (non-hydrogen) atoms. The van der Waals surface area contributed by atoms with Crippen LogP contribution in [0.2, 0.25) is 0 Å². The van der Waals surface area contributed by atoms with Crippen molar-refractivity contribution in [3.8, 4) is 5.75 Å². The predicted molar refractivity (Wildman–Crippen MR) is 106 cm³/mol. The minimum atomic E-state index is -1.41. The summed E-state index contributed by atoms with van der Waals surface area (Å²) in [6, 6.07) is 8.31. The van der Waals surface area contributed by atoms with Crippen LogP contribution < -0.4 is 16.0 Å². The fraction of sp³-hybridized carbons (Fsp3) is 0.524. The van der Waals surface area contributed by atoms with Crippen LogP contribution in [0.4, 0.5) is 4.39 Å². The van der Waals surface area contributed by atoms with Gasteiger partial charge in [0.25, 0.3) is 5.56 Å². The van der Waals surface area contributed by atoms with Crippen LogP contribution in [-0.2, 0) is 16.0 Å². The van der Waals surface area contributed by atoms with Gasteiger partial charge in [-0.2, -0.15) is 0 Å². The van der Waals surface area contributed by atoms with Crippen molar-refractivity contribution in [1.29, 1.82) is 0 Å². The second-order valence-electron chi connectivity index (χ2n) is 7.37. The molecule has 1 aliphatic rings. The minimum Gasteiger partial charge on any atom is -0.497 e. The second-order valence-corrected chi connectivity index (χ2v) is 7.37. The lowest BCUT2D eigenvalue weighted by molar-refractivity contribution is -0.122. The number of nitrogens with zero attached hydrogens (tertiary/aromatic N) is 2. The molecule has 1 aliphatic heterocycles. The monoisotopic (exact) mass is 406 g/mol. The lowest BCUT2D eigenvalue weighted by Gasteiger charge is -2.30. The van der Waals surface area contributed by atoms with E-state index in [0.717, 1.165) is 10.1 Å². The second kappa shape index (κ2) is 8.51. The van der Waals surface area contributed by atoms with E-state index in [0.29, 0.717) is 12.2 Å². The van der Waals surface area contributed by atoms with Crippen LogP contribution in [0.5, 0.6) is 5.75 Å². The maximum absolute atomic E-state index is 15.2. The molecular formula is C21H27FN2O5. The van der Waals surface area contributed by atoms with Crippen molar-refractivity contribution in [3.63, 3.8) is 0 Å². The number of alkyl halides is 1. The highest BCUT2D eigenvalue weighted by Crippen LogP contribution is 2.44. The summed E-state index contributed by atoms with van der Waals surface area (Å²) in [4.78, 5) is 25.4. The number of ether oxygens (including phenoxy) is 3. The van der Waals surface area contributed by atoms with Gasteiger partial charge in [0, 0.05) is 25.3 Å². The van der Waals surface area contributed by atoms with Crippen LogP contribution in [0.1, 0.15) is 32.1 Å². The summed E-state index contributed by atoms with van der Waals surface area (Å²) in [5.74, 6) is 0.209. The van der Waals surface area contributed by atoms with Crippen molar-refractivity contribution >= 4 is 0 Å². The molecule has 0 N–H and O–H groups in total. The van der Waals surface area contributed by atoms with E-state index in [2.05, 4.69) is 0 Å². The van der Waals surface area contributed by atoms with E-state index in [1.807, 2.05) is 6.92 Å². The maximum atomic E-state index is 15.2. The average molecular weight is 406 g/mol. The van der Waals surface area contributed by atoms with Gasteiger partial charge in [0.1, 0.15) is 5.75 Å². The van der Waals surface area contributed by atoms with E-state index in [1.54, 1.807) is 38.3 Å². The fourth-order valence-electron chi connectivity index (χ4n) is 3.86. The van der Waals surface area contributed by atoms with E-state index in [-0.39, 0.29) is 13.2 Å². The lowest BCUT2D eigenvalue weighted by atomic mass is 9.86. The Hall–Kier alpha value is -2.45. The Morgan fingerprint density at radius 3 is 2.45 bits per heavy atom. The first-order chi connectivity index (χ1) is 13.9. The first-order valence-corrected chi connectivity index (χ1v) is 9.62. The quantitative estimate of drug-likeness (QED) is 0.706. The molecule has 0 amide bonds. The Morgan fingerprint density at radius 2 is 1.86 bits per heavy atom. The highest BCUT2D eigenvalue weighted by atomic mass is 19.1. The van der Waals surface area contributed by atoms with Gasteiger partial charge < -0.3 is 14.2 Å². The Labute approximate surface area is 168 Å². The molecule has 8 heteroatoms. The molecule has 0 unspecified atom stereocenters. The zero-order valence-electron chi connectivity index (χ0n) is 17.1. The fourth-order valence-corrected chi connectivity index (χ4v) is 3.86. The molecule has 2 aromatic rings. The summed E-state index contributed by atoms with van der Waals surface area (Å²) in [5, 5.41) is 0. The third kappa shape index (κ3) is 3.86.